The van der Waals surface area contributed by atoms with Gasteiger partial charge in [-0.3, -0.25) is 25.3 Å². The lowest BCUT2D eigenvalue weighted by Crippen LogP contribution is -2.06. The van der Waals surface area contributed by atoms with Crippen molar-refractivity contribution in [3.05, 3.63) is 222 Å². The van der Waals surface area contributed by atoms with Gasteiger partial charge < -0.3 is 50.8 Å². The number of nitrogens with zero attached hydrogens (tertiary/aromatic N) is 12. The highest BCUT2D eigenvalue weighted by atomic mass is 32.1. The molecular weight excluding hydrogens is 1300 g/mol. The van der Waals surface area contributed by atoms with Gasteiger partial charge in [-0.1, -0.05) is 6.07 Å². The minimum absolute atomic E-state index is 0.439. The van der Waals surface area contributed by atoms with Crippen molar-refractivity contribution in [2.24, 2.45) is 0 Å². The highest BCUT2D eigenvalue weighted by Gasteiger charge is 2.16. The molecule has 0 fully saturated rings. The molecule has 11 aromatic heterocycles. The Morgan fingerprint density at radius 2 is 0.867 bits per heavy atom. The van der Waals surface area contributed by atoms with Gasteiger partial charge >= 0.3 is 0 Å². The number of thiophene rings is 3. The molecule has 0 aliphatic heterocycles. The molecule has 482 valence electrons. The van der Waals surface area contributed by atoms with Gasteiger partial charge in [0.2, 0.25) is 23.7 Å². The lowest BCUT2D eigenvalue weighted by Gasteiger charge is -2.12. The van der Waals surface area contributed by atoms with Crippen LogP contribution in [0.4, 0.5) is 63.7 Å². The molecule has 0 spiro atoms. The number of aromatic nitrogens is 15. The zero-order chi connectivity index (χ0) is 66.2. The van der Waals surface area contributed by atoms with E-state index < -0.39 is 0 Å². The standard InChI is InChI=1S/C25H19N7OS.C23H16N8OS.C22H20N6O2S/c1-15-2-6-20(14-26-15)33-19-7-3-17(4-8-19)29-25-30-22-10-11-34-23(22)24(31-25)28-18-5-9-21-16(12-18)13-27-32-21;1-4-17(32-20-13-24-8-9-25-20)5-2-15(1)28-23-29-19-7-10-33-21(19)22(30-23)27-16-3-6-18-14(11-16)12-26-31-18;1-29-18-6-3-13(9-19(18)30-2)11-23-22-26-17-7-8-31-20(17)21(27-22)25-15-4-5-16-14(10-15)12-24-28-16/h2-14H,1H3,(H,27,32)(H2,28,29,30,31);1-13H,(H,26,31)(H2,27,28,29,30);3-10,12H,11H2,1-2H3,(H,24,28)(H2,23,25,26,27). The summed E-state index contributed by atoms with van der Waals surface area (Å²) in [6.07, 6.45) is 11.9. The summed E-state index contributed by atoms with van der Waals surface area (Å²) < 4.78 is 25.2. The summed E-state index contributed by atoms with van der Waals surface area (Å²) in [6, 6.07) is 48.8. The quantitative estimate of drug-likeness (QED) is 0.0363. The van der Waals surface area contributed by atoms with Crippen molar-refractivity contribution in [3.63, 3.8) is 0 Å². The SMILES string of the molecule is COc1ccc(CNc2nc(Nc3ccc4[nH]ncc4c3)c3sccc3n2)cc1OC.Cc1ccc(Oc2ccc(Nc3nc(Nc4ccc5[nH]ncc5c4)c4sccc4n3)cc2)cn1.c1cnc(Oc2ccc(Nc3nc(Nc4ccc5[nH]ncc5c4)c4sccc4n3)cc2)cn1. The lowest BCUT2D eigenvalue weighted by molar-refractivity contribution is 0.354. The number of methoxy groups -OCH3 is 2. The van der Waals surface area contributed by atoms with E-state index in [2.05, 4.69) is 92.4 Å². The molecule has 17 rings (SSSR count). The lowest BCUT2D eigenvalue weighted by atomic mass is 10.2. The average molecular weight is 1350 g/mol. The maximum absolute atomic E-state index is 5.86. The number of nitrogens with one attached hydrogen (secondary N) is 9. The molecule has 0 saturated heterocycles. The van der Waals surface area contributed by atoms with Crippen LogP contribution in [0, 0.1) is 6.92 Å². The number of ether oxygens (including phenoxy) is 4. The van der Waals surface area contributed by atoms with E-state index in [1.54, 1.807) is 91.6 Å². The zero-order valence-corrected chi connectivity index (χ0v) is 54.6. The summed E-state index contributed by atoms with van der Waals surface area (Å²) in [4.78, 5) is 40.5. The van der Waals surface area contributed by atoms with Crippen molar-refractivity contribution in [3.8, 4) is 34.6 Å². The van der Waals surface area contributed by atoms with E-state index in [0.29, 0.717) is 53.3 Å². The first-order valence-corrected chi connectivity index (χ1v) is 33.0. The van der Waals surface area contributed by atoms with Gasteiger partial charge in [-0.25, -0.2) is 19.9 Å². The Morgan fingerprint density at radius 3 is 1.34 bits per heavy atom. The Morgan fingerprint density at radius 1 is 0.398 bits per heavy atom. The summed E-state index contributed by atoms with van der Waals surface area (Å²) in [5, 5.41) is 50.4. The molecule has 0 aliphatic rings. The van der Waals surface area contributed by atoms with Crippen LogP contribution in [0.1, 0.15) is 11.3 Å². The van der Waals surface area contributed by atoms with Crippen molar-refractivity contribution in [1.82, 2.24) is 75.4 Å². The maximum atomic E-state index is 5.86. The predicted octanol–water partition coefficient (Wildman–Crippen LogP) is 17.1. The Balaban J connectivity index is 0.000000120. The predicted molar refractivity (Wildman–Crippen MR) is 388 cm³/mol. The third kappa shape index (κ3) is 14.3. The zero-order valence-electron chi connectivity index (χ0n) is 52.1. The fourth-order valence-corrected chi connectivity index (χ4v) is 12.6. The molecule has 25 nitrogen and oxygen atoms in total. The molecule has 28 heteroatoms. The van der Waals surface area contributed by atoms with Gasteiger partial charge in [-0.15, -0.1) is 34.0 Å². The molecule has 17 aromatic rings. The molecule has 6 aromatic carbocycles. The molecule has 0 bridgehead atoms. The number of aryl methyl sites for hydroxylation is 1. The number of fused-ring (bicyclic) bond motifs is 6. The first-order chi connectivity index (χ1) is 48.2. The van der Waals surface area contributed by atoms with Crippen LogP contribution >= 0.6 is 34.0 Å². The van der Waals surface area contributed by atoms with Gasteiger partial charge in [0.25, 0.3) is 0 Å². The van der Waals surface area contributed by atoms with Crippen molar-refractivity contribution >= 4 is 161 Å². The summed E-state index contributed by atoms with van der Waals surface area (Å²) >= 11 is 4.80. The fourth-order valence-electron chi connectivity index (χ4n) is 10.3. The Labute approximate surface area is 568 Å². The topological polar surface area (TPSA) is 311 Å². The molecule has 11 heterocycles. The molecule has 0 saturated carbocycles. The molecular formula is C70H55N21O4S3. The van der Waals surface area contributed by atoms with E-state index in [1.807, 2.05) is 175 Å². The smallest absolute Gasteiger partial charge is 0.237 e. The Kier molecular flexibility index (Phi) is 17.5. The molecule has 0 unspecified atom stereocenters. The van der Waals surface area contributed by atoms with E-state index in [1.165, 1.54) is 0 Å². The number of pyridine rings is 1. The van der Waals surface area contributed by atoms with Crippen LogP contribution < -0.4 is 50.8 Å². The van der Waals surface area contributed by atoms with Crippen molar-refractivity contribution < 1.29 is 18.9 Å². The maximum Gasteiger partial charge on any atom is 0.237 e. The molecule has 0 atom stereocenters. The van der Waals surface area contributed by atoms with Gasteiger partial charge in [0.05, 0.1) is 92.4 Å². The van der Waals surface area contributed by atoms with E-state index in [-0.39, 0.29) is 0 Å². The third-order valence-electron chi connectivity index (χ3n) is 15.0. The van der Waals surface area contributed by atoms with Gasteiger partial charge in [-0.05, 0) is 174 Å². The second kappa shape index (κ2) is 28.0. The first kappa shape index (κ1) is 61.3. The van der Waals surface area contributed by atoms with Crippen LogP contribution in [-0.2, 0) is 6.54 Å². The second-order valence-corrected chi connectivity index (χ2v) is 24.5. The Bertz CT molecular complexity index is 5590. The summed E-state index contributed by atoms with van der Waals surface area (Å²) in [6.45, 7) is 2.50. The minimum atomic E-state index is 0.439. The van der Waals surface area contributed by atoms with Crippen LogP contribution in [0.15, 0.2) is 211 Å². The van der Waals surface area contributed by atoms with Crippen LogP contribution in [0.25, 0.3) is 63.4 Å². The number of H-pyrrole nitrogens is 3. The number of aromatic amines is 3. The third-order valence-corrected chi connectivity index (χ3v) is 17.8. The highest BCUT2D eigenvalue weighted by Crippen LogP contribution is 2.36. The van der Waals surface area contributed by atoms with Crippen molar-refractivity contribution in [2.75, 3.05) is 46.1 Å². The molecule has 98 heavy (non-hydrogen) atoms. The summed E-state index contributed by atoms with van der Waals surface area (Å²) in [5.41, 5.74) is 12.1. The molecule has 9 N–H and O–H groups in total. The highest BCUT2D eigenvalue weighted by molar-refractivity contribution is 7.18. The first-order valence-electron chi connectivity index (χ1n) is 30.3. The number of rotatable bonds is 19. The van der Waals surface area contributed by atoms with Crippen LogP contribution in [0.2, 0.25) is 0 Å². The summed E-state index contributed by atoms with van der Waals surface area (Å²) in [5.74, 6) is 7.71. The van der Waals surface area contributed by atoms with E-state index >= 15 is 0 Å². The molecule has 0 aliphatic carbocycles. The molecule has 0 amide bonds. The fraction of sp³-hybridized carbons (Fsp3) is 0.0571. The average Bonchev–Trinajstić information content (AvgIpc) is 1.60. The monoisotopic (exact) mass is 1350 g/mol. The van der Waals surface area contributed by atoms with Gasteiger partial charge in [-0.2, -0.15) is 30.2 Å². The van der Waals surface area contributed by atoms with Crippen LogP contribution in [0.3, 0.4) is 0 Å². The van der Waals surface area contributed by atoms with E-state index in [4.69, 9.17) is 33.9 Å². The van der Waals surface area contributed by atoms with Crippen molar-refractivity contribution in [1.29, 1.82) is 0 Å². The van der Waals surface area contributed by atoms with E-state index in [0.717, 1.165) is 126 Å². The van der Waals surface area contributed by atoms with Crippen LogP contribution in [-0.4, -0.2) is 89.7 Å². The second-order valence-electron chi connectivity index (χ2n) is 21.7. The van der Waals surface area contributed by atoms with Gasteiger partial charge in [0.1, 0.15) is 17.2 Å². The van der Waals surface area contributed by atoms with Crippen LogP contribution in [0.5, 0.6) is 34.6 Å². The normalized spacial score (nSPS) is 11.1. The number of anilines is 11. The Hall–Kier alpha value is -12.9. The molecule has 0 radical (unpaired) electrons. The number of hydrogen-bond acceptors (Lipinski definition) is 25. The van der Waals surface area contributed by atoms with Crippen molar-refractivity contribution in [2.45, 2.75) is 13.5 Å². The largest absolute Gasteiger partial charge is 0.493 e. The number of benzene rings is 6. The summed E-state index contributed by atoms with van der Waals surface area (Å²) in [7, 11) is 3.25. The van der Waals surface area contributed by atoms with Gasteiger partial charge in [0.15, 0.2) is 29.0 Å². The minimum Gasteiger partial charge on any atom is -0.493 e. The number of hydrogen-bond donors (Lipinski definition) is 9. The van der Waals surface area contributed by atoms with E-state index in [9.17, 15) is 0 Å². The van der Waals surface area contributed by atoms with Gasteiger partial charge in [0, 0.05) is 69.2 Å².